The maximum absolute atomic E-state index is 13.6. The number of hydrogen-bond acceptors (Lipinski definition) is 4. The van der Waals surface area contributed by atoms with E-state index in [0.29, 0.717) is 11.3 Å². The molecule has 1 aliphatic rings. The van der Waals surface area contributed by atoms with Crippen LogP contribution in [0.2, 0.25) is 0 Å². The fourth-order valence-electron chi connectivity index (χ4n) is 2.57. The monoisotopic (exact) mass is 332 g/mol. The van der Waals surface area contributed by atoms with E-state index in [4.69, 9.17) is 0 Å². The largest absolute Gasteiger partial charge is 0.295 e. The van der Waals surface area contributed by atoms with E-state index in [1.165, 1.54) is 40.9 Å². The number of carbonyl (C=O) groups is 1. The van der Waals surface area contributed by atoms with Crippen LogP contribution in [0.3, 0.4) is 0 Å². The van der Waals surface area contributed by atoms with E-state index in [-0.39, 0.29) is 17.3 Å². The summed E-state index contributed by atoms with van der Waals surface area (Å²) in [4.78, 5) is 24.3. The van der Waals surface area contributed by atoms with Gasteiger partial charge in [0.2, 0.25) is 5.91 Å². The quantitative estimate of drug-likeness (QED) is 0.633. The van der Waals surface area contributed by atoms with Crippen LogP contribution in [0.25, 0.3) is 0 Å². The van der Waals surface area contributed by atoms with Crippen molar-refractivity contribution in [1.29, 1.82) is 0 Å². The maximum atomic E-state index is 13.6. The van der Waals surface area contributed by atoms with Crippen LogP contribution >= 0.6 is 11.8 Å². The predicted molar refractivity (Wildman–Crippen MR) is 86.9 cm³/mol. The first-order chi connectivity index (χ1) is 11.0. The van der Waals surface area contributed by atoms with Gasteiger partial charge in [-0.2, -0.15) is 0 Å². The molecule has 2 aromatic rings. The zero-order valence-electron chi connectivity index (χ0n) is 12.2. The predicted octanol–water partition coefficient (Wildman–Crippen LogP) is 3.82. The minimum Gasteiger partial charge on any atom is -0.295 e. The molecule has 7 heteroatoms. The number of nitro benzene ring substituents is 1. The molecule has 1 heterocycles. The molecule has 1 saturated heterocycles. The van der Waals surface area contributed by atoms with Gasteiger partial charge in [0.15, 0.2) is 0 Å². The Labute approximate surface area is 136 Å². The number of rotatable bonds is 3. The van der Waals surface area contributed by atoms with Crippen LogP contribution in [0.5, 0.6) is 0 Å². The Morgan fingerprint density at radius 1 is 1.30 bits per heavy atom. The van der Waals surface area contributed by atoms with Gasteiger partial charge in [0.05, 0.1) is 16.4 Å². The number of nitrogens with zero attached hydrogens (tertiary/aromatic N) is 2. The standard InChI is InChI=1S/C16H13FN2O3S/c1-10-5-6-12(17)8-14(10)18-15(20)9-23-16(18)11-3-2-4-13(7-11)19(21)22/h2-8,16H,9H2,1H3. The molecule has 0 bridgehead atoms. The number of thioether (sulfide) groups is 1. The van der Waals surface area contributed by atoms with Gasteiger partial charge in [-0.05, 0) is 30.2 Å². The molecule has 118 valence electrons. The molecular weight excluding hydrogens is 319 g/mol. The van der Waals surface area contributed by atoms with E-state index < -0.39 is 16.1 Å². The van der Waals surface area contributed by atoms with E-state index in [1.54, 1.807) is 25.1 Å². The molecule has 0 N–H and O–H groups in total. The Kier molecular flexibility index (Phi) is 4.04. The molecule has 3 rings (SSSR count). The number of amides is 1. The summed E-state index contributed by atoms with van der Waals surface area (Å²) in [6.07, 6.45) is 0. The number of aryl methyl sites for hydroxylation is 1. The first-order valence-corrected chi connectivity index (χ1v) is 7.96. The number of nitro groups is 1. The molecule has 23 heavy (non-hydrogen) atoms. The van der Waals surface area contributed by atoms with Crippen LogP contribution in [0.1, 0.15) is 16.5 Å². The van der Waals surface area contributed by atoms with E-state index in [2.05, 4.69) is 0 Å². The lowest BCUT2D eigenvalue weighted by molar-refractivity contribution is -0.384. The number of benzene rings is 2. The molecule has 0 saturated carbocycles. The van der Waals surface area contributed by atoms with E-state index in [0.717, 1.165) is 5.56 Å². The summed E-state index contributed by atoms with van der Waals surface area (Å²) in [7, 11) is 0. The molecule has 1 aliphatic heterocycles. The zero-order valence-corrected chi connectivity index (χ0v) is 13.0. The molecule has 0 radical (unpaired) electrons. The Balaban J connectivity index is 2.05. The summed E-state index contributed by atoms with van der Waals surface area (Å²) >= 11 is 1.37. The lowest BCUT2D eigenvalue weighted by atomic mass is 10.1. The second-order valence-corrected chi connectivity index (χ2v) is 6.28. The summed E-state index contributed by atoms with van der Waals surface area (Å²) in [5.41, 5.74) is 1.89. The van der Waals surface area contributed by atoms with Crippen LogP contribution < -0.4 is 4.90 Å². The third kappa shape index (κ3) is 2.92. The highest BCUT2D eigenvalue weighted by molar-refractivity contribution is 8.00. The molecule has 2 aromatic carbocycles. The second-order valence-electron chi connectivity index (χ2n) is 5.21. The van der Waals surface area contributed by atoms with Gasteiger partial charge in [0.25, 0.3) is 5.69 Å². The van der Waals surface area contributed by atoms with E-state index in [1.807, 2.05) is 0 Å². The molecule has 5 nitrogen and oxygen atoms in total. The van der Waals surface area contributed by atoms with Gasteiger partial charge in [-0.3, -0.25) is 19.8 Å². The second kappa shape index (κ2) is 6.00. The summed E-state index contributed by atoms with van der Waals surface area (Å²) in [6.45, 7) is 1.80. The van der Waals surface area contributed by atoms with Gasteiger partial charge in [-0.15, -0.1) is 11.8 Å². The molecule has 1 unspecified atom stereocenters. The highest BCUT2D eigenvalue weighted by atomic mass is 32.2. The Bertz CT molecular complexity index is 797. The minimum absolute atomic E-state index is 0.0293. The van der Waals surface area contributed by atoms with Gasteiger partial charge >= 0.3 is 0 Å². The summed E-state index contributed by atoms with van der Waals surface area (Å²) < 4.78 is 13.6. The fourth-order valence-corrected chi connectivity index (χ4v) is 3.72. The zero-order chi connectivity index (χ0) is 16.6. The van der Waals surface area contributed by atoms with Crippen LogP contribution in [-0.4, -0.2) is 16.6 Å². The molecule has 0 spiro atoms. The number of halogens is 1. The molecular formula is C16H13FN2O3S. The first-order valence-electron chi connectivity index (χ1n) is 6.91. The summed E-state index contributed by atoms with van der Waals surface area (Å²) in [6, 6.07) is 10.5. The molecule has 0 aliphatic carbocycles. The number of hydrogen-bond donors (Lipinski definition) is 0. The van der Waals surface area contributed by atoms with Crippen molar-refractivity contribution in [2.75, 3.05) is 10.7 Å². The molecule has 1 amide bonds. The van der Waals surface area contributed by atoms with Crippen molar-refractivity contribution in [1.82, 2.24) is 0 Å². The van der Waals surface area contributed by atoms with Crippen LogP contribution in [-0.2, 0) is 4.79 Å². The van der Waals surface area contributed by atoms with Gasteiger partial charge in [-0.1, -0.05) is 18.2 Å². The van der Waals surface area contributed by atoms with Gasteiger partial charge in [0.1, 0.15) is 11.2 Å². The molecule has 1 fully saturated rings. The Hall–Kier alpha value is -2.41. The Morgan fingerprint density at radius 2 is 2.09 bits per heavy atom. The van der Waals surface area contributed by atoms with Crippen molar-refractivity contribution in [2.45, 2.75) is 12.3 Å². The van der Waals surface area contributed by atoms with Gasteiger partial charge in [0, 0.05) is 12.1 Å². The third-order valence-electron chi connectivity index (χ3n) is 3.66. The topological polar surface area (TPSA) is 63.5 Å². The SMILES string of the molecule is Cc1ccc(F)cc1N1C(=O)CSC1c1cccc([N+](=O)[O-])c1. The lowest BCUT2D eigenvalue weighted by Gasteiger charge is -2.25. The van der Waals surface area contributed by atoms with Crippen molar-refractivity contribution >= 4 is 29.0 Å². The average Bonchev–Trinajstić information content (AvgIpc) is 2.91. The fraction of sp³-hybridized carbons (Fsp3) is 0.188. The summed E-state index contributed by atoms with van der Waals surface area (Å²) in [5, 5.41) is 10.6. The minimum atomic E-state index is -0.470. The van der Waals surface area contributed by atoms with E-state index in [9.17, 15) is 19.3 Å². The number of non-ortho nitro benzene ring substituents is 1. The van der Waals surface area contributed by atoms with Crippen LogP contribution in [0.15, 0.2) is 42.5 Å². The smallest absolute Gasteiger partial charge is 0.269 e. The number of carbonyl (C=O) groups excluding carboxylic acids is 1. The first kappa shape index (κ1) is 15.5. The van der Waals surface area contributed by atoms with Gasteiger partial charge < -0.3 is 0 Å². The average molecular weight is 332 g/mol. The maximum Gasteiger partial charge on any atom is 0.269 e. The van der Waals surface area contributed by atoms with Crippen LogP contribution in [0, 0.1) is 22.9 Å². The highest BCUT2D eigenvalue weighted by Crippen LogP contribution is 2.43. The molecule has 0 aromatic heterocycles. The van der Waals surface area contributed by atoms with Crippen molar-refractivity contribution in [3.63, 3.8) is 0 Å². The molecule has 1 atom stereocenters. The van der Waals surface area contributed by atoms with Crippen molar-refractivity contribution in [2.24, 2.45) is 0 Å². The normalized spacial score (nSPS) is 17.6. The van der Waals surface area contributed by atoms with Gasteiger partial charge in [-0.25, -0.2) is 4.39 Å². The third-order valence-corrected chi connectivity index (χ3v) is 4.88. The van der Waals surface area contributed by atoms with Crippen molar-refractivity contribution in [3.05, 3.63) is 69.5 Å². The van der Waals surface area contributed by atoms with Crippen molar-refractivity contribution in [3.8, 4) is 0 Å². The number of anilines is 1. The highest BCUT2D eigenvalue weighted by Gasteiger charge is 2.35. The van der Waals surface area contributed by atoms with Crippen LogP contribution in [0.4, 0.5) is 15.8 Å². The van der Waals surface area contributed by atoms with Crippen molar-refractivity contribution < 1.29 is 14.1 Å². The van der Waals surface area contributed by atoms with E-state index >= 15 is 0 Å². The Morgan fingerprint density at radius 3 is 2.83 bits per heavy atom. The summed E-state index contributed by atoms with van der Waals surface area (Å²) in [5.74, 6) is -0.308. The lowest BCUT2D eigenvalue weighted by Crippen LogP contribution is -2.28.